The van der Waals surface area contributed by atoms with Crippen molar-refractivity contribution in [2.24, 2.45) is 0 Å². The molecule has 1 heterocycles. The molecule has 26 heavy (non-hydrogen) atoms. The maximum Gasteiger partial charge on any atom is 0.254 e. The summed E-state index contributed by atoms with van der Waals surface area (Å²) in [6, 6.07) is 15.6. The smallest absolute Gasteiger partial charge is 0.254 e. The Bertz CT molecular complexity index is 750. The molecular formula is C21H25NO3S. The van der Waals surface area contributed by atoms with Crippen LogP contribution in [-0.4, -0.2) is 41.5 Å². The fourth-order valence-electron chi connectivity index (χ4n) is 3.04. The molecule has 0 aliphatic carbocycles. The molecule has 1 aliphatic heterocycles. The molecule has 0 aromatic heterocycles. The molecule has 1 saturated heterocycles. The van der Waals surface area contributed by atoms with Crippen LogP contribution in [0.2, 0.25) is 0 Å². The zero-order valence-corrected chi connectivity index (χ0v) is 16.3. The number of hydrogen-bond acceptors (Lipinski definition) is 4. The van der Waals surface area contributed by atoms with Crippen LogP contribution in [0.1, 0.15) is 29.8 Å². The minimum absolute atomic E-state index is 0.0533. The van der Waals surface area contributed by atoms with Crippen LogP contribution < -0.4 is 9.47 Å². The number of carbonyl (C=O) groups is 1. The molecule has 4 nitrogen and oxygen atoms in total. The van der Waals surface area contributed by atoms with Gasteiger partial charge in [-0.15, -0.1) is 0 Å². The second-order valence-electron chi connectivity index (χ2n) is 6.45. The van der Waals surface area contributed by atoms with Crippen LogP contribution in [0.25, 0.3) is 0 Å². The second kappa shape index (κ2) is 8.49. The van der Waals surface area contributed by atoms with Gasteiger partial charge in [0.15, 0.2) is 11.5 Å². The van der Waals surface area contributed by atoms with Gasteiger partial charge < -0.3 is 14.4 Å². The molecule has 1 fully saturated rings. The molecule has 1 amide bonds. The molecule has 2 aromatic carbocycles. The topological polar surface area (TPSA) is 38.8 Å². The van der Waals surface area contributed by atoms with Crippen molar-refractivity contribution in [3.8, 4) is 11.5 Å². The van der Waals surface area contributed by atoms with Gasteiger partial charge in [-0.3, -0.25) is 4.79 Å². The van der Waals surface area contributed by atoms with Crippen LogP contribution in [0.15, 0.2) is 48.5 Å². The van der Waals surface area contributed by atoms with Gasteiger partial charge in [-0.1, -0.05) is 37.3 Å². The predicted molar refractivity (Wildman–Crippen MR) is 106 cm³/mol. The largest absolute Gasteiger partial charge is 0.493 e. The van der Waals surface area contributed by atoms with Crippen molar-refractivity contribution in [2.45, 2.75) is 31.7 Å². The average Bonchev–Trinajstić information content (AvgIpc) is 2.68. The Hall–Kier alpha value is -2.14. The molecule has 2 atom stereocenters. The van der Waals surface area contributed by atoms with Crippen LogP contribution in [0.4, 0.5) is 0 Å². The summed E-state index contributed by atoms with van der Waals surface area (Å²) < 4.78 is 11.3. The van der Waals surface area contributed by atoms with Crippen molar-refractivity contribution < 1.29 is 14.3 Å². The summed E-state index contributed by atoms with van der Waals surface area (Å²) in [4.78, 5) is 14.9. The van der Waals surface area contributed by atoms with Crippen LogP contribution >= 0.6 is 11.8 Å². The Kier molecular flexibility index (Phi) is 6.09. The van der Waals surface area contributed by atoms with Crippen LogP contribution in [-0.2, 0) is 6.61 Å². The first-order chi connectivity index (χ1) is 12.6. The van der Waals surface area contributed by atoms with Gasteiger partial charge in [0.1, 0.15) is 6.61 Å². The van der Waals surface area contributed by atoms with Crippen molar-refractivity contribution in [2.75, 3.05) is 19.4 Å². The highest BCUT2D eigenvalue weighted by atomic mass is 32.2. The number of nitrogens with zero attached hydrogens (tertiary/aromatic N) is 1. The van der Waals surface area contributed by atoms with E-state index in [1.807, 2.05) is 59.1 Å². The minimum Gasteiger partial charge on any atom is -0.493 e. The van der Waals surface area contributed by atoms with Gasteiger partial charge in [-0.05, 0) is 30.7 Å². The maximum absolute atomic E-state index is 12.9. The maximum atomic E-state index is 12.9. The third kappa shape index (κ3) is 4.15. The molecule has 2 unspecified atom stereocenters. The summed E-state index contributed by atoms with van der Waals surface area (Å²) in [6.07, 6.45) is 0. The number of amides is 1. The lowest BCUT2D eigenvalue weighted by atomic mass is 10.1. The number of methoxy groups -OCH3 is 1. The van der Waals surface area contributed by atoms with Gasteiger partial charge >= 0.3 is 0 Å². The van der Waals surface area contributed by atoms with Crippen molar-refractivity contribution in [1.29, 1.82) is 0 Å². The summed E-state index contributed by atoms with van der Waals surface area (Å²) in [6.45, 7) is 5.53. The van der Waals surface area contributed by atoms with Gasteiger partial charge in [0.25, 0.3) is 5.91 Å². The quantitative estimate of drug-likeness (QED) is 0.788. The lowest BCUT2D eigenvalue weighted by Gasteiger charge is -2.37. The Labute approximate surface area is 159 Å². The lowest BCUT2D eigenvalue weighted by molar-refractivity contribution is 0.0697. The zero-order chi connectivity index (χ0) is 18.5. The predicted octanol–water partition coefficient (Wildman–Crippen LogP) is 4.24. The third-order valence-corrected chi connectivity index (χ3v) is 6.13. The first kappa shape index (κ1) is 18.6. The number of carbonyl (C=O) groups excluding carboxylic acids is 1. The van der Waals surface area contributed by atoms with E-state index in [9.17, 15) is 4.79 Å². The molecule has 2 aromatic rings. The third-order valence-electron chi connectivity index (χ3n) is 4.79. The fraction of sp³-hybridized carbons (Fsp3) is 0.381. The van der Waals surface area contributed by atoms with Crippen LogP contribution in [0.5, 0.6) is 11.5 Å². The van der Waals surface area contributed by atoms with Gasteiger partial charge in [0, 0.05) is 29.2 Å². The zero-order valence-electron chi connectivity index (χ0n) is 15.5. The average molecular weight is 372 g/mol. The van der Waals surface area contributed by atoms with E-state index >= 15 is 0 Å². The standard InChI is InChI=1S/C21H25NO3S/c1-15-16(2)26-12-11-22(15)21(23)18-9-10-19(20(13-18)24-3)25-14-17-7-5-4-6-8-17/h4-10,13,15-16H,11-12,14H2,1-3H3. The molecule has 1 aliphatic rings. The first-order valence-corrected chi connectivity index (χ1v) is 9.92. The Morgan fingerprint density at radius 2 is 1.92 bits per heavy atom. The Morgan fingerprint density at radius 3 is 2.65 bits per heavy atom. The Morgan fingerprint density at radius 1 is 1.15 bits per heavy atom. The summed E-state index contributed by atoms with van der Waals surface area (Å²) in [7, 11) is 1.60. The van der Waals surface area contributed by atoms with Gasteiger partial charge in [-0.2, -0.15) is 11.8 Å². The van der Waals surface area contributed by atoms with Crippen LogP contribution in [0, 0.1) is 0 Å². The normalized spacial score (nSPS) is 19.9. The van der Waals surface area contributed by atoms with Crippen molar-refractivity contribution in [1.82, 2.24) is 4.90 Å². The van der Waals surface area contributed by atoms with Gasteiger partial charge in [0.2, 0.25) is 0 Å². The molecular weight excluding hydrogens is 346 g/mol. The molecule has 5 heteroatoms. The molecule has 0 bridgehead atoms. The van der Waals surface area contributed by atoms with Gasteiger partial charge in [-0.25, -0.2) is 0 Å². The Balaban J connectivity index is 1.74. The van der Waals surface area contributed by atoms with E-state index in [4.69, 9.17) is 9.47 Å². The van der Waals surface area contributed by atoms with E-state index in [1.165, 1.54) is 0 Å². The fourth-order valence-corrected chi connectivity index (χ4v) is 4.14. The van der Waals surface area contributed by atoms with Crippen molar-refractivity contribution >= 4 is 17.7 Å². The highest BCUT2D eigenvalue weighted by Gasteiger charge is 2.29. The van der Waals surface area contributed by atoms with Gasteiger partial charge in [0.05, 0.1) is 7.11 Å². The second-order valence-corrected chi connectivity index (χ2v) is 7.94. The van der Waals surface area contributed by atoms with E-state index in [0.717, 1.165) is 17.9 Å². The van der Waals surface area contributed by atoms with E-state index in [2.05, 4.69) is 13.8 Å². The lowest BCUT2D eigenvalue weighted by Crippen LogP contribution is -2.47. The van der Waals surface area contributed by atoms with E-state index < -0.39 is 0 Å². The van der Waals surface area contributed by atoms with E-state index in [1.54, 1.807) is 13.2 Å². The summed E-state index contributed by atoms with van der Waals surface area (Å²) in [5.74, 6) is 2.26. The van der Waals surface area contributed by atoms with Crippen molar-refractivity contribution in [3.63, 3.8) is 0 Å². The molecule has 0 radical (unpaired) electrons. The molecule has 3 rings (SSSR count). The van der Waals surface area contributed by atoms with E-state index in [-0.39, 0.29) is 11.9 Å². The molecule has 0 N–H and O–H groups in total. The summed E-state index contributed by atoms with van der Waals surface area (Å²) in [5, 5.41) is 0.447. The highest BCUT2D eigenvalue weighted by molar-refractivity contribution is 8.00. The SMILES string of the molecule is COc1cc(C(=O)N2CCSC(C)C2C)ccc1OCc1ccccc1. The van der Waals surface area contributed by atoms with Crippen LogP contribution in [0.3, 0.4) is 0 Å². The number of ether oxygens (including phenoxy) is 2. The molecule has 0 saturated carbocycles. The summed E-state index contributed by atoms with van der Waals surface area (Å²) >= 11 is 1.92. The molecule has 138 valence electrons. The number of hydrogen-bond donors (Lipinski definition) is 0. The van der Waals surface area contributed by atoms with E-state index in [0.29, 0.717) is 28.9 Å². The highest BCUT2D eigenvalue weighted by Crippen LogP contribution is 2.31. The first-order valence-electron chi connectivity index (χ1n) is 8.87. The number of benzene rings is 2. The number of rotatable bonds is 5. The summed E-state index contributed by atoms with van der Waals surface area (Å²) in [5.41, 5.74) is 1.73. The number of thioether (sulfide) groups is 1. The monoisotopic (exact) mass is 371 g/mol. The van der Waals surface area contributed by atoms with Crippen molar-refractivity contribution in [3.05, 3.63) is 59.7 Å². The molecule has 0 spiro atoms. The minimum atomic E-state index is 0.0533.